The van der Waals surface area contributed by atoms with Crippen LogP contribution < -0.4 is 5.32 Å². The first kappa shape index (κ1) is 13.4. The van der Waals surface area contributed by atoms with Crippen molar-refractivity contribution in [2.75, 3.05) is 0 Å². The average molecular weight is 297 g/mol. The predicted octanol–water partition coefficient (Wildman–Crippen LogP) is 2.18. The van der Waals surface area contributed by atoms with E-state index >= 15 is 0 Å². The molecule has 1 aromatic carbocycles. The van der Waals surface area contributed by atoms with Crippen LogP contribution in [-0.4, -0.2) is 32.6 Å². The van der Waals surface area contributed by atoms with E-state index in [1.54, 1.807) is 0 Å². The Labute approximate surface area is 128 Å². The molecule has 2 aliphatic rings. The fraction of sp³-hybridized carbons (Fsp3) is 0.500. The third-order valence-electron chi connectivity index (χ3n) is 5.16. The van der Waals surface area contributed by atoms with Crippen molar-refractivity contribution in [1.29, 1.82) is 0 Å². The molecule has 3 unspecified atom stereocenters. The van der Waals surface area contributed by atoms with E-state index in [1.165, 1.54) is 25.7 Å². The van der Waals surface area contributed by atoms with Gasteiger partial charge in [-0.1, -0.05) is 31.0 Å². The molecule has 0 spiro atoms. The van der Waals surface area contributed by atoms with Crippen molar-refractivity contribution in [3.63, 3.8) is 0 Å². The zero-order valence-electron chi connectivity index (χ0n) is 12.3. The lowest BCUT2D eigenvalue weighted by molar-refractivity contribution is 0.0927. The van der Waals surface area contributed by atoms with Gasteiger partial charge in [0.25, 0.3) is 5.91 Å². The Morgan fingerprint density at radius 2 is 2.09 bits per heavy atom. The minimum Gasteiger partial charge on any atom is -0.349 e. The minimum absolute atomic E-state index is 0.0297. The fourth-order valence-electron chi connectivity index (χ4n) is 4.14. The molecular weight excluding hydrogens is 278 g/mol. The zero-order valence-corrected chi connectivity index (χ0v) is 12.3. The summed E-state index contributed by atoms with van der Waals surface area (Å²) in [5, 5.41) is 17.2. The van der Waals surface area contributed by atoms with Crippen LogP contribution in [0.1, 0.15) is 42.5 Å². The first-order chi connectivity index (χ1) is 10.8. The number of aromatic amines is 1. The zero-order chi connectivity index (χ0) is 14.9. The second-order valence-corrected chi connectivity index (χ2v) is 6.29. The highest BCUT2D eigenvalue weighted by atomic mass is 16.1. The van der Waals surface area contributed by atoms with Crippen molar-refractivity contribution in [3.05, 3.63) is 29.8 Å². The molecule has 3 atom stereocenters. The number of H-pyrrole nitrogens is 1. The molecule has 0 saturated heterocycles. The number of nitrogens with one attached hydrogen (secondary N) is 2. The number of rotatable bonds is 3. The third-order valence-corrected chi connectivity index (χ3v) is 5.16. The smallest absolute Gasteiger partial charge is 0.252 e. The van der Waals surface area contributed by atoms with Crippen molar-refractivity contribution in [1.82, 2.24) is 25.9 Å². The number of hydrogen-bond acceptors (Lipinski definition) is 4. The van der Waals surface area contributed by atoms with E-state index in [0.717, 1.165) is 17.9 Å². The van der Waals surface area contributed by atoms with E-state index < -0.39 is 0 Å². The van der Waals surface area contributed by atoms with Gasteiger partial charge in [0, 0.05) is 11.6 Å². The van der Waals surface area contributed by atoms with Crippen molar-refractivity contribution in [2.24, 2.45) is 11.8 Å². The van der Waals surface area contributed by atoms with Gasteiger partial charge in [-0.05, 0) is 42.4 Å². The predicted molar refractivity (Wildman–Crippen MR) is 80.9 cm³/mol. The number of fused-ring (bicyclic) bond motifs is 1. The maximum Gasteiger partial charge on any atom is 0.252 e. The summed E-state index contributed by atoms with van der Waals surface area (Å²) in [5.74, 6) is 1.91. The van der Waals surface area contributed by atoms with Crippen LogP contribution in [0.15, 0.2) is 24.3 Å². The van der Waals surface area contributed by atoms with Crippen LogP contribution in [0.5, 0.6) is 0 Å². The van der Waals surface area contributed by atoms with E-state index in [1.807, 2.05) is 24.3 Å². The molecule has 1 aromatic heterocycles. The molecule has 4 rings (SSSR count). The van der Waals surface area contributed by atoms with Crippen molar-refractivity contribution >= 4 is 5.91 Å². The molecule has 114 valence electrons. The highest BCUT2D eigenvalue weighted by Gasteiger charge is 2.39. The van der Waals surface area contributed by atoms with Crippen molar-refractivity contribution < 1.29 is 4.79 Å². The summed E-state index contributed by atoms with van der Waals surface area (Å²) in [6.07, 6.45) is 6.24. The lowest BCUT2D eigenvalue weighted by Gasteiger charge is -2.20. The van der Waals surface area contributed by atoms with Crippen LogP contribution in [0.25, 0.3) is 11.4 Å². The molecule has 1 amide bonds. The Bertz CT molecular complexity index is 669. The minimum atomic E-state index is -0.0297. The van der Waals surface area contributed by atoms with Crippen LogP contribution in [0.3, 0.4) is 0 Å². The van der Waals surface area contributed by atoms with Crippen LogP contribution in [-0.2, 0) is 0 Å². The van der Waals surface area contributed by atoms with Gasteiger partial charge >= 0.3 is 0 Å². The number of amides is 1. The normalized spacial score (nSPS) is 26.8. The first-order valence-electron chi connectivity index (χ1n) is 7.96. The van der Waals surface area contributed by atoms with Gasteiger partial charge in [-0.25, -0.2) is 0 Å². The molecule has 6 nitrogen and oxygen atoms in total. The maximum absolute atomic E-state index is 12.7. The Morgan fingerprint density at radius 3 is 2.95 bits per heavy atom. The maximum atomic E-state index is 12.7. The van der Waals surface area contributed by atoms with E-state index in [0.29, 0.717) is 23.3 Å². The summed E-state index contributed by atoms with van der Waals surface area (Å²) in [5.41, 5.74) is 1.33. The summed E-state index contributed by atoms with van der Waals surface area (Å²) in [6, 6.07) is 7.74. The van der Waals surface area contributed by atoms with E-state index in [-0.39, 0.29) is 5.91 Å². The Morgan fingerprint density at radius 1 is 1.18 bits per heavy atom. The molecule has 0 bridgehead atoms. The van der Waals surface area contributed by atoms with Gasteiger partial charge in [0.15, 0.2) is 0 Å². The summed E-state index contributed by atoms with van der Waals surface area (Å²) >= 11 is 0. The third kappa shape index (κ3) is 2.28. The number of carbonyl (C=O) groups is 1. The highest BCUT2D eigenvalue weighted by Crippen LogP contribution is 2.44. The summed E-state index contributed by atoms with van der Waals surface area (Å²) in [6.45, 7) is 0. The first-order valence-corrected chi connectivity index (χ1v) is 7.96. The topological polar surface area (TPSA) is 83.6 Å². The molecule has 1 heterocycles. The second-order valence-electron chi connectivity index (χ2n) is 6.29. The summed E-state index contributed by atoms with van der Waals surface area (Å²) < 4.78 is 0. The molecule has 6 heteroatoms. The molecule has 2 aromatic rings. The SMILES string of the molecule is O=C(NC1CCC2CCCC21)c1ccccc1-c1nn[nH]n1. The Kier molecular flexibility index (Phi) is 3.36. The lowest BCUT2D eigenvalue weighted by Crippen LogP contribution is -2.37. The number of benzene rings is 1. The van der Waals surface area contributed by atoms with E-state index in [2.05, 4.69) is 25.9 Å². The molecule has 0 aliphatic heterocycles. The Balaban J connectivity index is 1.56. The number of tetrazole rings is 1. The van der Waals surface area contributed by atoms with Crippen LogP contribution in [0.2, 0.25) is 0 Å². The molecule has 2 saturated carbocycles. The van der Waals surface area contributed by atoms with Gasteiger partial charge in [-0.2, -0.15) is 5.21 Å². The quantitative estimate of drug-likeness (QED) is 0.909. The van der Waals surface area contributed by atoms with Crippen LogP contribution in [0.4, 0.5) is 0 Å². The number of nitrogens with zero attached hydrogens (tertiary/aromatic N) is 3. The highest BCUT2D eigenvalue weighted by molar-refractivity contribution is 6.00. The fourth-order valence-corrected chi connectivity index (χ4v) is 4.14. The number of aromatic nitrogens is 4. The largest absolute Gasteiger partial charge is 0.349 e. The average Bonchev–Trinajstić information content (AvgIpc) is 3.26. The monoisotopic (exact) mass is 297 g/mol. The molecule has 22 heavy (non-hydrogen) atoms. The van der Waals surface area contributed by atoms with Crippen molar-refractivity contribution in [3.8, 4) is 11.4 Å². The molecule has 2 N–H and O–H groups in total. The summed E-state index contributed by atoms with van der Waals surface area (Å²) in [7, 11) is 0. The van der Waals surface area contributed by atoms with Gasteiger partial charge in [-0.3, -0.25) is 4.79 Å². The van der Waals surface area contributed by atoms with Gasteiger partial charge in [-0.15, -0.1) is 10.2 Å². The lowest BCUT2D eigenvalue weighted by atomic mass is 9.97. The van der Waals surface area contributed by atoms with E-state index in [9.17, 15) is 4.79 Å². The van der Waals surface area contributed by atoms with Gasteiger partial charge in [0.05, 0.1) is 5.56 Å². The second kappa shape index (κ2) is 5.51. The van der Waals surface area contributed by atoms with Crippen LogP contribution >= 0.6 is 0 Å². The van der Waals surface area contributed by atoms with Gasteiger partial charge in [0.1, 0.15) is 0 Å². The van der Waals surface area contributed by atoms with Gasteiger partial charge < -0.3 is 5.32 Å². The Hall–Kier alpha value is -2.24. The molecule has 0 radical (unpaired) electrons. The molecule has 2 aliphatic carbocycles. The number of hydrogen-bond donors (Lipinski definition) is 2. The standard InChI is InChI=1S/C16H19N5O/c22-16(17-14-9-8-10-4-3-7-11(10)14)13-6-2-1-5-12(13)15-18-20-21-19-15/h1-2,5-6,10-11,14H,3-4,7-9H2,(H,17,22)(H,18,19,20,21). The van der Waals surface area contributed by atoms with Crippen molar-refractivity contribution in [2.45, 2.75) is 38.1 Å². The molecular formula is C16H19N5O. The molecule has 2 fully saturated rings. The van der Waals surface area contributed by atoms with E-state index in [4.69, 9.17) is 0 Å². The van der Waals surface area contributed by atoms with Crippen LogP contribution in [0, 0.1) is 11.8 Å². The summed E-state index contributed by atoms with van der Waals surface area (Å²) in [4.78, 5) is 12.7. The number of carbonyl (C=O) groups excluding carboxylic acids is 1. The van der Waals surface area contributed by atoms with Gasteiger partial charge in [0.2, 0.25) is 5.82 Å².